The molecule has 1 aliphatic heterocycles. The summed E-state index contributed by atoms with van der Waals surface area (Å²) >= 11 is 2.22. The lowest BCUT2D eigenvalue weighted by atomic mass is 9.95. The number of halogens is 1. The summed E-state index contributed by atoms with van der Waals surface area (Å²) in [5, 5.41) is 11.2. The maximum absolute atomic E-state index is 13.1. The molecular formula is C25H29IN2O4. The molecule has 1 heterocycles. The smallest absolute Gasteiger partial charge is 0.295 e. The van der Waals surface area contributed by atoms with Crippen LogP contribution >= 0.6 is 22.6 Å². The Morgan fingerprint density at radius 1 is 1.09 bits per heavy atom. The number of carbonyl (C=O) groups excluding carboxylic acids is 2. The molecule has 6 nitrogen and oxygen atoms in total. The van der Waals surface area contributed by atoms with Gasteiger partial charge in [0.1, 0.15) is 11.5 Å². The predicted octanol–water partition coefficient (Wildman–Crippen LogP) is 4.45. The van der Waals surface area contributed by atoms with Gasteiger partial charge in [-0.3, -0.25) is 9.59 Å². The molecule has 1 fully saturated rings. The number of aliphatic hydroxyl groups excluding tert-OH is 1. The van der Waals surface area contributed by atoms with Crippen LogP contribution in [0.5, 0.6) is 5.75 Å². The Balaban J connectivity index is 2.08. The van der Waals surface area contributed by atoms with Gasteiger partial charge in [-0.15, -0.1) is 0 Å². The van der Waals surface area contributed by atoms with Crippen molar-refractivity contribution in [1.82, 2.24) is 9.80 Å². The van der Waals surface area contributed by atoms with E-state index in [0.717, 1.165) is 22.2 Å². The molecule has 7 heteroatoms. The molecule has 0 aromatic heterocycles. The van der Waals surface area contributed by atoms with E-state index in [9.17, 15) is 14.7 Å². The molecule has 0 bridgehead atoms. The molecule has 0 saturated carbocycles. The lowest BCUT2D eigenvalue weighted by molar-refractivity contribution is -0.140. The highest BCUT2D eigenvalue weighted by Crippen LogP contribution is 2.39. The second-order valence-electron chi connectivity index (χ2n) is 7.53. The van der Waals surface area contributed by atoms with Crippen LogP contribution in [0.2, 0.25) is 0 Å². The molecular weight excluding hydrogens is 519 g/mol. The van der Waals surface area contributed by atoms with Gasteiger partial charge in [-0.25, -0.2) is 0 Å². The van der Waals surface area contributed by atoms with Crippen LogP contribution in [-0.4, -0.2) is 59.4 Å². The molecule has 2 aromatic rings. The monoisotopic (exact) mass is 548 g/mol. The minimum atomic E-state index is -0.660. The highest BCUT2D eigenvalue weighted by molar-refractivity contribution is 14.1. The Kier molecular flexibility index (Phi) is 8.31. The topological polar surface area (TPSA) is 70.1 Å². The van der Waals surface area contributed by atoms with Gasteiger partial charge in [0.05, 0.1) is 18.2 Å². The average molecular weight is 548 g/mol. The summed E-state index contributed by atoms with van der Waals surface area (Å²) < 4.78 is 6.59. The molecule has 0 spiro atoms. The van der Waals surface area contributed by atoms with Crippen molar-refractivity contribution in [1.29, 1.82) is 0 Å². The number of ketones is 1. The average Bonchev–Trinajstić information content (AvgIpc) is 3.05. The van der Waals surface area contributed by atoms with Gasteiger partial charge in [-0.2, -0.15) is 0 Å². The van der Waals surface area contributed by atoms with E-state index in [1.807, 2.05) is 31.2 Å². The predicted molar refractivity (Wildman–Crippen MR) is 134 cm³/mol. The summed E-state index contributed by atoms with van der Waals surface area (Å²) in [4.78, 5) is 30.0. The highest BCUT2D eigenvalue weighted by Gasteiger charge is 2.45. The third-order valence-corrected chi connectivity index (χ3v) is 6.41. The number of rotatable bonds is 9. The molecule has 1 unspecified atom stereocenters. The SMILES string of the molecule is CCOc1cccc(/C(O)=C2\C(=O)C(=O)N(CCN(CC)CC)C2c2ccc(I)cc2)c1. The van der Waals surface area contributed by atoms with Crippen LogP contribution in [0.3, 0.4) is 0 Å². The van der Waals surface area contributed by atoms with Gasteiger partial charge in [0.2, 0.25) is 0 Å². The van der Waals surface area contributed by atoms with Crippen molar-refractivity contribution in [2.45, 2.75) is 26.8 Å². The van der Waals surface area contributed by atoms with Gasteiger partial charge in [0.15, 0.2) is 0 Å². The number of hydrogen-bond donors (Lipinski definition) is 1. The zero-order valence-electron chi connectivity index (χ0n) is 18.7. The van der Waals surface area contributed by atoms with Crippen LogP contribution in [-0.2, 0) is 9.59 Å². The number of aliphatic hydroxyl groups is 1. The zero-order chi connectivity index (χ0) is 23.3. The number of likely N-dealkylation sites (N-methyl/N-ethyl adjacent to an activating group) is 1. The van der Waals surface area contributed by atoms with Crippen LogP contribution in [0.15, 0.2) is 54.1 Å². The van der Waals surface area contributed by atoms with E-state index in [2.05, 4.69) is 41.3 Å². The van der Waals surface area contributed by atoms with Crippen LogP contribution in [0.25, 0.3) is 5.76 Å². The van der Waals surface area contributed by atoms with Crippen molar-refractivity contribution in [3.63, 3.8) is 0 Å². The van der Waals surface area contributed by atoms with Gasteiger partial charge >= 0.3 is 0 Å². The highest BCUT2D eigenvalue weighted by atomic mass is 127. The molecule has 1 N–H and O–H groups in total. The number of likely N-dealkylation sites (tertiary alicyclic amines) is 1. The molecule has 0 aliphatic carbocycles. The second-order valence-corrected chi connectivity index (χ2v) is 8.78. The Bertz CT molecular complexity index is 999. The molecule has 32 heavy (non-hydrogen) atoms. The Labute approximate surface area is 203 Å². The normalized spacial score (nSPS) is 17.9. The minimum absolute atomic E-state index is 0.115. The van der Waals surface area contributed by atoms with E-state index in [4.69, 9.17) is 4.74 Å². The fourth-order valence-corrected chi connectivity index (χ4v) is 4.31. The summed E-state index contributed by atoms with van der Waals surface area (Å²) in [6, 6.07) is 14.0. The summed E-state index contributed by atoms with van der Waals surface area (Å²) in [5.41, 5.74) is 1.37. The first-order valence-electron chi connectivity index (χ1n) is 10.9. The van der Waals surface area contributed by atoms with Crippen LogP contribution in [0.1, 0.15) is 37.9 Å². The van der Waals surface area contributed by atoms with Gasteiger partial charge in [-0.1, -0.05) is 38.1 Å². The van der Waals surface area contributed by atoms with E-state index in [-0.39, 0.29) is 11.3 Å². The zero-order valence-corrected chi connectivity index (χ0v) is 20.8. The number of Topliss-reactive ketones (excluding diaryl/α,β-unsaturated/α-hetero) is 1. The summed E-state index contributed by atoms with van der Waals surface area (Å²) in [7, 11) is 0. The number of benzene rings is 2. The molecule has 1 saturated heterocycles. The lowest BCUT2D eigenvalue weighted by Gasteiger charge is -2.28. The van der Waals surface area contributed by atoms with Gasteiger partial charge in [0.25, 0.3) is 11.7 Å². The molecule has 1 amide bonds. The largest absolute Gasteiger partial charge is 0.507 e. The standard InChI is InChI=1S/C25H29IN2O4/c1-4-27(5-2)14-15-28-22(17-10-12-19(26)13-11-17)21(24(30)25(28)31)23(29)18-8-7-9-20(16-18)32-6-3/h7-13,16,22,29H,4-6,14-15H2,1-3H3/b23-21+. The Hall–Kier alpha value is -2.39. The molecule has 2 aromatic carbocycles. The molecule has 1 atom stereocenters. The molecule has 170 valence electrons. The maximum atomic E-state index is 13.1. The van der Waals surface area contributed by atoms with E-state index < -0.39 is 17.7 Å². The summed E-state index contributed by atoms with van der Waals surface area (Å²) in [6.45, 7) is 9.28. The fraction of sp³-hybridized carbons (Fsp3) is 0.360. The second kappa shape index (κ2) is 11.0. The Morgan fingerprint density at radius 2 is 1.78 bits per heavy atom. The molecule has 0 radical (unpaired) electrons. The lowest BCUT2D eigenvalue weighted by Crippen LogP contribution is -2.38. The van der Waals surface area contributed by atoms with Gasteiger partial charge < -0.3 is 19.6 Å². The van der Waals surface area contributed by atoms with Crippen molar-refractivity contribution < 1.29 is 19.4 Å². The van der Waals surface area contributed by atoms with Crippen molar-refractivity contribution >= 4 is 40.0 Å². The van der Waals surface area contributed by atoms with Crippen molar-refractivity contribution in [2.75, 3.05) is 32.8 Å². The first-order chi connectivity index (χ1) is 15.4. The number of nitrogens with zero attached hydrogens (tertiary/aromatic N) is 2. The summed E-state index contributed by atoms with van der Waals surface area (Å²) in [5.74, 6) is -0.826. The first-order valence-corrected chi connectivity index (χ1v) is 12.0. The third kappa shape index (κ3) is 5.15. The first kappa shape index (κ1) is 24.3. The van der Waals surface area contributed by atoms with E-state index in [1.54, 1.807) is 29.2 Å². The van der Waals surface area contributed by atoms with E-state index >= 15 is 0 Å². The fourth-order valence-electron chi connectivity index (χ4n) is 3.95. The van der Waals surface area contributed by atoms with Crippen molar-refractivity contribution in [3.05, 3.63) is 68.8 Å². The quantitative estimate of drug-likeness (QED) is 0.217. The number of carbonyl (C=O) groups is 2. The number of ether oxygens (including phenoxy) is 1. The number of amides is 1. The van der Waals surface area contributed by atoms with Crippen LogP contribution < -0.4 is 4.74 Å². The minimum Gasteiger partial charge on any atom is -0.507 e. The van der Waals surface area contributed by atoms with Crippen molar-refractivity contribution in [3.8, 4) is 5.75 Å². The maximum Gasteiger partial charge on any atom is 0.295 e. The van der Waals surface area contributed by atoms with Gasteiger partial charge in [0, 0.05) is 22.2 Å². The Morgan fingerprint density at radius 3 is 2.41 bits per heavy atom. The molecule has 3 rings (SSSR count). The van der Waals surface area contributed by atoms with Crippen molar-refractivity contribution in [2.24, 2.45) is 0 Å². The van der Waals surface area contributed by atoms with E-state index in [0.29, 0.717) is 31.0 Å². The van der Waals surface area contributed by atoms with Gasteiger partial charge in [-0.05, 0) is 72.4 Å². The summed E-state index contributed by atoms with van der Waals surface area (Å²) in [6.07, 6.45) is 0. The van der Waals surface area contributed by atoms with E-state index in [1.165, 1.54) is 0 Å². The van der Waals surface area contributed by atoms with Crippen LogP contribution in [0.4, 0.5) is 0 Å². The number of hydrogen-bond acceptors (Lipinski definition) is 5. The third-order valence-electron chi connectivity index (χ3n) is 5.70. The van der Waals surface area contributed by atoms with Crippen LogP contribution in [0, 0.1) is 3.57 Å². The molecule has 1 aliphatic rings.